The largest absolute Gasteiger partial charge is 0.480 e. The van der Waals surface area contributed by atoms with Gasteiger partial charge in [-0.05, 0) is 26.2 Å². The molecule has 2 atom stereocenters. The summed E-state index contributed by atoms with van der Waals surface area (Å²) in [5.74, 6) is -1.44. The molecular formula is C13H25N3O4. The van der Waals surface area contributed by atoms with Gasteiger partial charge in [0.25, 0.3) is 0 Å². The minimum absolute atomic E-state index is 0.0313. The average molecular weight is 287 g/mol. The zero-order chi connectivity index (χ0) is 16.1. The van der Waals surface area contributed by atoms with E-state index in [2.05, 4.69) is 16.0 Å². The highest BCUT2D eigenvalue weighted by atomic mass is 16.4. The van der Waals surface area contributed by atoms with Crippen LogP contribution in [0.25, 0.3) is 0 Å². The molecule has 0 aromatic heterocycles. The van der Waals surface area contributed by atoms with Crippen molar-refractivity contribution in [1.29, 1.82) is 0 Å². The van der Waals surface area contributed by atoms with Crippen molar-refractivity contribution in [1.82, 2.24) is 16.0 Å². The van der Waals surface area contributed by atoms with Crippen LogP contribution in [0.2, 0.25) is 0 Å². The molecule has 20 heavy (non-hydrogen) atoms. The van der Waals surface area contributed by atoms with Crippen LogP contribution < -0.4 is 16.0 Å². The lowest BCUT2D eigenvalue weighted by Crippen LogP contribution is -2.56. The van der Waals surface area contributed by atoms with Crippen molar-refractivity contribution in [3.8, 4) is 0 Å². The molecular weight excluding hydrogens is 262 g/mol. The first-order valence-corrected chi connectivity index (χ1v) is 6.55. The Morgan fingerprint density at radius 3 is 1.80 bits per heavy atom. The van der Waals surface area contributed by atoms with Gasteiger partial charge in [0.15, 0.2) is 0 Å². The maximum absolute atomic E-state index is 11.7. The van der Waals surface area contributed by atoms with E-state index in [4.69, 9.17) is 5.11 Å². The van der Waals surface area contributed by atoms with Crippen LogP contribution in [-0.2, 0) is 9.59 Å². The van der Waals surface area contributed by atoms with Gasteiger partial charge in [-0.15, -0.1) is 0 Å². The lowest BCUT2D eigenvalue weighted by molar-refractivity contribution is -0.141. The molecule has 0 radical (unpaired) electrons. The highest BCUT2D eigenvalue weighted by molar-refractivity contribution is 5.88. The van der Waals surface area contributed by atoms with Gasteiger partial charge in [-0.2, -0.15) is 0 Å². The first-order valence-electron chi connectivity index (χ1n) is 6.55. The van der Waals surface area contributed by atoms with Crippen molar-refractivity contribution in [3.05, 3.63) is 0 Å². The van der Waals surface area contributed by atoms with Gasteiger partial charge in [0.1, 0.15) is 12.1 Å². The van der Waals surface area contributed by atoms with Crippen LogP contribution in [0.3, 0.4) is 0 Å². The first kappa shape index (κ1) is 18.2. The second-order valence-corrected chi connectivity index (χ2v) is 6.14. The zero-order valence-corrected chi connectivity index (χ0v) is 12.9. The molecule has 4 N–H and O–H groups in total. The molecule has 116 valence electrons. The summed E-state index contributed by atoms with van der Waals surface area (Å²) in [7, 11) is 0. The molecule has 0 fully saturated rings. The van der Waals surface area contributed by atoms with Crippen LogP contribution in [0.4, 0.5) is 4.79 Å². The molecule has 0 aliphatic heterocycles. The van der Waals surface area contributed by atoms with E-state index >= 15 is 0 Å². The molecule has 0 saturated heterocycles. The molecule has 7 heteroatoms. The third kappa shape index (κ3) is 6.40. The fourth-order valence-electron chi connectivity index (χ4n) is 1.49. The standard InChI is InChI=1S/C13H25N3O4/c1-7(2)14-10(17)8(3)15-12(20)16-9(11(18)19)13(4,5)6/h7-9H,1-6H3,(H,14,17)(H,18,19)(H2,15,16,20)/t8?,9-/m1/s1. The van der Waals surface area contributed by atoms with Gasteiger partial charge in [0.05, 0.1) is 0 Å². The van der Waals surface area contributed by atoms with Gasteiger partial charge in [-0.3, -0.25) is 4.79 Å². The molecule has 7 nitrogen and oxygen atoms in total. The predicted molar refractivity (Wildman–Crippen MR) is 75.3 cm³/mol. The summed E-state index contributed by atoms with van der Waals surface area (Å²) in [6.45, 7) is 10.3. The highest BCUT2D eigenvalue weighted by Gasteiger charge is 2.33. The van der Waals surface area contributed by atoms with Crippen molar-refractivity contribution >= 4 is 17.9 Å². The third-order valence-corrected chi connectivity index (χ3v) is 2.56. The Labute approximate surface area is 119 Å². The van der Waals surface area contributed by atoms with Crippen LogP contribution >= 0.6 is 0 Å². The van der Waals surface area contributed by atoms with Crippen molar-refractivity contribution in [2.24, 2.45) is 5.41 Å². The van der Waals surface area contributed by atoms with E-state index in [1.807, 2.05) is 13.8 Å². The summed E-state index contributed by atoms with van der Waals surface area (Å²) in [4.78, 5) is 34.5. The van der Waals surface area contributed by atoms with Crippen LogP contribution in [-0.4, -0.2) is 41.1 Å². The minimum atomic E-state index is -1.12. The van der Waals surface area contributed by atoms with Crippen LogP contribution in [0.15, 0.2) is 0 Å². The van der Waals surface area contributed by atoms with Gasteiger partial charge in [0.2, 0.25) is 5.91 Å². The molecule has 0 saturated carbocycles. The molecule has 0 spiro atoms. The van der Waals surface area contributed by atoms with Crippen LogP contribution in [0.5, 0.6) is 0 Å². The lowest BCUT2D eigenvalue weighted by Gasteiger charge is -2.28. The molecule has 0 heterocycles. The number of amides is 3. The predicted octanol–water partition coefficient (Wildman–Crippen LogP) is 0.698. The van der Waals surface area contributed by atoms with E-state index in [1.54, 1.807) is 20.8 Å². The molecule has 0 rings (SSSR count). The first-order chi connectivity index (χ1) is 8.95. The average Bonchev–Trinajstić information content (AvgIpc) is 2.22. The number of aliphatic carboxylic acids is 1. The number of urea groups is 1. The smallest absolute Gasteiger partial charge is 0.326 e. The van der Waals surface area contributed by atoms with E-state index in [9.17, 15) is 14.4 Å². The summed E-state index contributed by atoms with van der Waals surface area (Å²) in [6, 6.07) is -2.50. The van der Waals surface area contributed by atoms with Crippen molar-refractivity contribution in [2.45, 2.75) is 59.7 Å². The monoisotopic (exact) mass is 287 g/mol. The number of carbonyl (C=O) groups is 3. The molecule has 0 bridgehead atoms. The number of hydrogen-bond donors (Lipinski definition) is 4. The van der Waals surface area contributed by atoms with Gasteiger partial charge in [0, 0.05) is 6.04 Å². The number of carbonyl (C=O) groups excluding carboxylic acids is 2. The normalized spacial score (nSPS) is 14.3. The number of carboxylic acids is 1. The Morgan fingerprint density at radius 2 is 1.45 bits per heavy atom. The molecule has 0 aliphatic carbocycles. The number of carboxylic acid groups (broad SMARTS) is 1. The van der Waals surface area contributed by atoms with Crippen molar-refractivity contribution in [2.75, 3.05) is 0 Å². The van der Waals surface area contributed by atoms with E-state index in [1.165, 1.54) is 6.92 Å². The summed E-state index contributed by atoms with van der Waals surface area (Å²) in [5, 5.41) is 16.5. The quantitative estimate of drug-likeness (QED) is 0.597. The fourth-order valence-corrected chi connectivity index (χ4v) is 1.49. The Balaban J connectivity index is 4.55. The Morgan fingerprint density at radius 1 is 0.950 bits per heavy atom. The fraction of sp³-hybridized carbons (Fsp3) is 0.769. The minimum Gasteiger partial charge on any atom is -0.480 e. The highest BCUT2D eigenvalue weighted by Crippen LogP contribution is 2.19. The molecule has 1 unspecified atom stereocenters. The Bertz CT molecular complexity index is 374. The van der Waals surface area contributed by atoms with E-state index in [-0.39, 0.29) is 11.9 Å². The van der Waals surface area contributed by atoms with Crippen molar-refractivity contribution < 1.29 is 19.5 Å². The third-order valence-electron chi connectivity index (χ3n) is 2.56. The maximum atomic E-state index is 11.7. The van der Waals surface area contributed by atoms with E-state index in [0.29, 0.717) is 0 Å². The molecule has 0 aromatic rings. The molecule has 0 aliphatic rings. The summed E-state index contributed by atoms with van der Waals surface area (Å²) in [6.07, 6.45) is 0. The van der Waals surface area contributed by atoms with Crippen LogP contribution in [0.1, 0.15) is 41.5 Å². The Hall–Kier alpha value is -1.79. The zero-order valence-electron chi connectivity index (χ0n) is 12.9. The lowest BCUT2D eigenvalue weighted by atomic mass is 9.87. The van der Waals surface area contributed by atoms with Gasteiger partial charge < -0.3 is 21.1 Å². The number of rotatable bonds is 5. The summed E-state index contributed by atoms with van der Waals surface area (Å²) < 4.78 is 0. The molecule has 3 amide bonds. The van der Waals surface area contributed by atoms with Crippen LogP contribution in [0, 0.1) is 5.41 Å². The second-order valence-electron chi connectivity index (χ2n) is 6.14. The Kier molecular flexibility index (Phi) is 6.48. The van der Waals surface area contributed by atoms with Crippen molar-refractivity contribution in [3.63, 3.8) is 0 Å². The van der Waals surface area contributed by atoms with E-state index in [0.717, 1.165) is 0 Å². The van der Waals surface area contributed by atoms with Gasteiger partial charge in [-0.25, -0.2) is 9.59 Å². The topological polar surface area (TPSA) is 108 Å². The van der Waals surface area contributed by atoms with E-state index < -0.39 is 29.5 Å². The molecule has 0 aromatic carbocycles. The second kappa shape index (κ2) is 7.12. The summed E-state index contributed by atoms with van der Waals surface area (Å²) in [5.41, 5.74) is -0.632. The maximum Gasteiger partial charge on any atom is 0.326 e. The van der Waals surface area contributed by atoms with Gasteiger partial charge in [-0.1, -0.05) is 20.8 Å². The summed E-state index contributed by atoms with van der Waals surface area (Å²) >= 11 is 0. The number of nitrogens with one attached hydrogen (secondary N) is 3. The van der Waals surface area contributed by atoms with Gasteiger partial charge >= 0.3 is 12.0 Å². The SMILES string of the molecule is CC(C)NC(=O)C(C)NC(=O)N[C@H](C(=O)O)C(C)(C)C. The number of hydrogen-bond acceptors (Lipinski definition) is 3.